The van der Waals surface area contributed by atoms with Crippen LogP contribution in [0, 0.1) is 11.6 Å². The SMILES string of the molecule is COc1cccc(-c2csc3nc(-c4c(F)cccc4F)[nH]c(=O)c23)c1. The number of fused-ring (bicyclic) bond motifs is 1. The molecular formula is C19H12F2N2O2S. The largest absolute Gasteiger partial charge is 0.497 e. The minimum absolute atomic E-state index is 0.128. The Bertz CT molecular complexity index is 1160. The van der Waals surface area contributed by atoms with Gasteiger partial charge in [-0.2, -0.15) is 0 Å². The van der Waals surface area contributed by atoms with Crippen molar-refractivity contribution in [3.8, 4) is 28.3 Å². The number of halogens is 2. The third-order valence-electron chi connectivity index (χ3n) is 4.02. The molecule has 0 bridgehead atoms. The molecule has 26 heavy (non-hydrogen) atoms. The van der Waals surface area contributed by atoms with Crippen LogP contribution in [-0.4, -0.2) is 17.1 Å². The molecule has 7 heteroatoms. The second kappa shape index (κ2) is 6.34. The lowest BCUT2D eigenvalue weighted by molar-refractivity contribution is 0.415. The molecule has 4 aromatic rings. The first kappa shape index (κ1) is 16.4. The van der Waals surface area contributed by atoms with Crippen LogP contribution < -0.4 is 10.3 Å². The number of hydrogen-bond donors (Lipinski definition) is 1. The molecule has 2 aromatic carbocycles. The van der Waals surface area contributed by atoms with Crippen LogP contribution in [0.25, 0.3) is 32.7 Å². The summed E-state index contributed by atoms with van der Waals surface area (Å²) >= 11 is 1.24. The lowest BCUT2D eigenvalue weighted by Crippen LogP contribution is -2.10. The van der Waals surface area contributed by atoms with Gasteiger partial charge in [0.05, 0.1) is 18.1 Å². The molecule has 1 N–H and O–H groups in total. The van der Waals surface area contributed by atoms with Gasteiger partial charge >= 0.3 is 0 Å². The maximum atomic E-state index is 14.0. The minimum Gasteiger partial charge on any atom is -0.497 e. The van der Waals surface area contributed by atoms with Crippen molar-refractivity contribution in [2.45, 2.75) is 0 Å². The van der Waals surface area contributed by atoms with Gasteiger partial charge in [0.15, 0.2) is 0 Å². The predicted octanol–water partition coefficient (Wildman–Crippen LogP) is 4.61. The van der Waals surface area contributed by atoms with Gasteiger partial charge in [-0.25, -0.2) is 13.8 Å². The molecule has 0 spiro atoms. The molecule has 2 aromatic heterocycles. The maximum absolute atomic E-state index is 14.0. The maximum Gasteiger partial charge on any atom is 0.260 e. The number of H-pyrrole nitrogens is 1. The van der Waals surface area contributed by atoms with Crippen LogP contribution in [-0.2, 0) is 0 Å². The van der Waals surface area contributed by atoms with Crippen molar-refractivity contribution < 1.29 is 13.5 Å². The molecule has 0 aliphatic carbocycles. The van der Waals surface area contributed by atoms with Crippen molar-refractivity contribution in [3.63, 3.8) is 0 Å². The highest BCUT2D eigenvalue weighted by Gasteiger charge is 2.18. The van der Waals surface area contributed by atoms with Gasteiger partial charge in [0.25, 0.3) is 5.56 Å². The summed E-state index contributed by atoms with van der Waals surface area (Å²) in [6.07, 6.45) is 0. The van der Waals surface area contributed by atoms with Crippen molar-refractivity contribution in [2.24, 2.45) is 0 Å². The molecule has 0 aliphatic heterocycles. The Balaban J connectivity index is 1.93. The molecule has 4 nitrogen and oxygen atoms in total. The molecule has 0 saturated heterocycles. The van der Waals surface area contributed by atoms with E-state index >= 15 is 0 Å². The normalized spacial score (nSPS) is 11.0. The quantitative estimate of drug-likeness (QED) is 0.573. The van der Waals surface area contributed by atoms with Crippen molar-refractivity contribution in [1.29, 1.82) is 0 Å². The average molecular weight is 370 g/mol. The van der Waals surface area contributed by atoms with Gasteiger partial charge in [0.1, 0.15) is 28.0 Å². The number of aromatic nitrogens is 2. The zero-order chi connectivity index (χ0) is 18.3. The van der Waals surface area contributed by atoms with Crippen LogP contribution in [0.2, 0.25) is 0 Å². The highest BCUT2D eigenvalue weighted by Crippen LogP contribution is 2.33. The van der Waals surface area contributed by atoms with E-state index in [1.165, 1.54) is 17.4 Å². The first-order valence-electron chi connectivity index (χ1n) is 7.69. The molecule has 0 unspecified atom stereocenters. The summed E-state index contributed by atoms with van der Waals surface area (Å²) < 4.78 is 33.2. The standard InChI is InChI=1S/C19H12F2N2O2S/c1-25-11-5-2-4-10(8-11)12-9-26-19-15(12)18(24)22-17(23-19)16-13(20)6-3-7-14(16)21/h2-9H,1H3,(H,22,23,24). The van der Waals surface area contributed by atoms with E-state index in [0.29, 0.717) is 21.5 Å². The number of hydrogen-bond acceptors (Lipinski definition) is 4. The number of rotatable bonds is 3. The molecule has 4 rings (SSSR count). The first-order valence-corrected chi connectivity index (χ1v) is 8.57. The number of thiophene rings is 1. The smallest absolute Gasteiger partial charge is 0.260 e. The summed E-state index contributed by atoms with van der Waals surface area (Å²) in [6.45, 7) is 0. The number of aromatic amines is 1. The van der Waals surface area contributed by atoms with Crippen LogP contribution in [0.3, 0.4) is 0 Å². The Morgan fingerprint density at radius 3 is 2.58 bits per heavy atom. The van der Waals surface area contributed by atoms with Crippen LogP contribution in [0.5, 0.6) is 5.75 Å². The fraction of sp³-hybridized carbons (Fsp3) is 0.0526. The van der Waals surface area contributed by atoms with Crippen LogP contribution >= 0.6 is 11.3 Å². The Hall–Kier alpha value is -3.06. The van der Waals surface area contributed by atoms with Crippen LogP contribution in [0.15, 0.2) is 52.6 Å². The molecule has 0 atom stereocenters. The second-order valence-electron chi connectivity index (χ2n) is 5.57. The third-order valence-corrected chi connectivity index (χ3v) is 4.90. The van der Waals surface area contributed by atoms with E-state index in [-0.39, 0.29) is 11.4 Å². The summed E-state index contributed by atoms with van der Waals surface area (Å²) in [5, 5.41) is 2.17. The van der Waals surface area contributed by atoms with Gasteiger partial charge < -0.3 is 9.72 Å². The number of nitrogens with zero attached hydrogens (tertiary/aromatic N) is 1. The molecule has 2 heterocycles. The average Bonchev–Trinajstić information content (AvgIpc) is 3.06. The zero-order valence-electron chi connectivity index (χ0n) is 13.5. The second-order valence-corrected chi connectivity index (χ2v) is 6.43. The molecule has 130 valence electrons. The van der Waals surface area contributed by atoms with E-state index in [4.69, 9.17) is 4.74 Å². The number of methoxy groups -OCH3 is 1. The van der Waals surface area contributed by atoms with E-state index in [0.717, 1.165) is 17.7 Å². The highest BCUT2D eigenvalue weighted by molar-refractivity contribution is 7.17. The van der Waals surface area contributed by atoms with Gasteiger partial charge in [-0.3, -0.25) is 4.79 Å². The van der Waals surface area contributed by atoms with Crippen molar-refractivity contribution in [3.05, 3.63) is 69.8 Å². The van der Waals surface area contributed by atoms with E-state index in [9.17, 15) is 13.6 Å². The minimum atomic E-state index is -0.780. The summed E-state index contributed by atoms with van der Waals surface area (Å²) in [5.41, 5.74) is 0.695. The Labute approximate surface area is 150 Å². The fourth-order valence-corrected chi connectivity index (χ4v) is 3.74. The molecule has 0 amide bonds. The number of benzene rings is 2. The topological polar surface area (TPSA) is 55.0 Å². The van der Waals surface area contributed by atoms with Crippen molar-refractivity contribution in [2.75, 3.05) is 7.11 Å². The fourth-order valence-electron chi connectivity index (χ4n) is 2.79. The van der Waals surface area contributed by atoms with Gasteiger partial charge in [-0.15, -0.1) is 11.3 Å². The van der Waals surface area contributed by atoms with Gasteiger partial charge in [0, 0.05) is 10.9 Å². The molecule has 0 aliphatic rings. The molecule has 0 radical (unpaired) electrons. The molecule has 0 fully saturated rings. The van der Waals surface area contributed by atoms with Crippen molar-refractivity contribution >= 4 is 21.6 Å². The van der Waals surface area contributed by atoms with E-state index in [2.05, 4.69) is 9.97 Å². The van der Waals surface area contributed by atoms with Gasteiger partial charge in [-0.1, -0.05) is 18.2 Å². The van der Waals surface area contributed by atoms with E-state index in [1.54, 1.807) is 18.6 Å². The molecular weight excluding hydrogens is 358 g/mol. The Morgan fingerprint density at radius 2 is 1.85 bits per heavy atom. The summed E-state index contributed by atoms with van der Waals surface area (Å²) in [5.74, 6) is -1.03. The summed E-state index contributed by atoms with van der Waals surface area (Å²) in [6, 6.07) is 10.8. The van der Waals surface area contributed by atoms with E-state index < -0.39 is 17.2 Å². The highest BCUT2D eigenvalue weighted by atomic mass is 32.1. The lowest BCUT2D eigenvalue weighted by atomic mass is 10.1. The summed E-state index contributed by atoms with van der Waals surface area (Å²) in [7, 11) is 1.56. The molecule has 0 saturated carbocycles. The monoisotopic (exact) mass is 370 g/mol. The van der Waals surface area contributed by atoms with Gasteiger partial charge in [-0.05, 0) is 29.8 Å². The van der Waals surface area contributed by atoms with E-state index in [1.807, 2.05) is 18.2 Å². The third kappa shape index (κ3) is 2.66. The zero-order valence-corrected chi connectivity index (χ0v) is 14.4. The summed E-state index contributed by atoms with van der Waals surface area (Å²) in [4.78, 5) is 19.8. The van der Waals surface area contributed by atoms with Crippen LogP contribution in [0.4, 0.5) is 8.78 Å². The lowest BCUT2D eigenvalue weighted by Gasteiger charge is -2.05. The Kier molecular flexibility index (Phi) is 4.00. The number of nitrogens with one attached hydrogen (secondary N) is 1. The Morgan fingerprint density at radius 1 is 1.12 bits per heavy atom. The predicted molar refractivity (Wildman–Crippen MR) is 97.6 cm³/mol. The van der Waals surface area contributed by atoms with Gasteiger partial charge in [0.2, 0.25) is 0 Å². The van der Waals surface area contributed by atoms with Crippen molar-refractivity contribution in [1.82, 2.24) is 9.97 Å². The first-order chi connectivity index (χ1) is 12.6. The van der Waals surface area contributed by atoms with Crippen LogP contribution in [0.1, 0.15) is 0 Å². The number of ether oxygens (including phenoxy) is 1.